The van der Waals surface area contributed by atoms with Crippen LogP contribution in [0.2, 0.25) is 0 Å². The van der Waals surface area contributed by atoms with E-state index in [-0.39, 0.29) is 35.7 Å². The van der Waals surface area contributed by atoms with E-state index in [4.69, 9.17) is 5.73 Å². The standard InChI is InChI=1S/C16H26N4O2.ClH/c1-10-5-11(2)20(19-10)9-16(3-4-16)8-18-15(22)12-6-13(17)14(21)7-12;/h5,12-14,21H,3-4,6-9,17H2,1-2H3,(H,18,22);1H/t12-,13-,14-;/m0./s1. The molecule has 23 heavy (non-hydrogen) atoms. The van der Waals surface area contributed by atoms with Crippen molar-refractivity contribution in [1.29, 1.82) is 0 Å². The number of amides is 1. The van der Waals surface area contributed by atoms with Crippen molar-refractivity contribution in [3.8, 4) is 0 Å². The van der Waals surface area contributed by atoms with Crippen LogP contribution < -0.4 is 11.1 Å². The lowest BCUT2D eigenvalue weighted by Gasteiger charge is -2.19. The van der Waals surface area contributed by atoms with E-state index >= 15 is 0 Å². The van der Waals surface area contributed by atoms with Crippen LogP contribution in [0.5, 0.6) is 0 Å². The highest BCUT2D eigenvalue weighted by Gasteiger charge is 2.44. The summed E-state index contributed by atoms with van der Waals surface area (Å²) in [7, 11) is 0. The van der Waals surface area contributed by atoms with Crippen LogP contribution in [0, 0.1) is 25.2 Å². The summed E-state index contributed by atoms with van der Waals surface area (Å²) in [4.78, 5) is 12.2. The smallest absolute Gasteiger partial charge is 0.223 e. The third kappa shape index (κ3) is 4.05. The first-order valence-electron chi connectivity index (χ1n) is 8.11. The van der Waals surface area contributed by atoms with Gasteiger partial charge in [0.1, 0.15) is 0 Å². The number of hydrogen-bond donors (Lipinski definition) is 3. The summed E-state index contributed by atoms with van der Waals surface area (Å²) in [5.74, 6) is -0.110. The summed E-state index contributed by atoms with van der Waals surface area (Å²) in [6, 6.07) is 1.82. The maximum absolute atomic E-state index is 12.2. The predicted molar refractivity (Wildman–Crippen MR) is 90.3 cm³/mol. The van der Waals surface area contributed by atoms with Gasteiger partial charge in [-0.1, -0.05) is 0 Å². The fraction of sp³-hybridized carbons (Fsp3) is 0.750. The molecule has 1 aromatic heterocycles. The number of nitrogens with two attached hydrogens (primary N) is 1. The maximum atomic E-state index is 12.2. The number of carbonyl (C=O) groups is 1. The summed E-state index contributed by atoms with van der Waals surface area (Å²) in [6.45, 7) is 5.61. The lowest BCUT2D eigenvalue weighted by Crippen LogP contribution is -2.36. The number of nitrogens with zero attached hydrogens (tertiary/aromatic N) is 2. The number of carbonyl (C=O) groups excluding carboxylic acids is 1. The molecule has 7 heteroatoms. The Hall–Kier alpha value is -1.11. The average Bonchev–Trinajstić information content (AvgIpc) is 3.04. The van der Waals surface area contributed by atoms with Crippen molar-refractivity contribution in [3.05, 3.63) is 17.5 Å². The van der Waals surface area contributed by atoms with Gasteiger partial charge in [0.25, 0.3) is 0 Å². The Kier molecular flexibility index (Phi) is 5.38. The third-order valence-electron chi connectivity index (χ3n) is 5.13. The lowest BCUT2D eigenvalue weighted by molar-refractivity contribution is -0.125. The zero-order valence-electron chi connectivity index (χ0n) is 13.8. The van der Waals surface area contributed by atoms with Gasteiger partial charge in [-0.15, -0.1) is 12.4 Å². The Morgan fingerprint density at radius 2 is 2.17 bits per heavy atom. The lowest BCUT2D eigenvalue weighted by atomic mass is 10.0. The first-order chi connectivity index (χ1) is 10.4. The molecule has 0 unspecified atom stereocenters. The molecule has 2 aliphatic carbocycles. The molecular formula is C16H27ClN4O2. The molecule has 1 heterocycles. The summed E-state index contributed by atoms with van der Waals surface area (Å²) >= 11 is 0. The molecule has 0 radical (unpaired) electrons. The minimum Gasteiger partial charge on any atom is -0.391 e. The van der Waals surface area contributed by atoms with Gasteiger partial charge in [0.05, 0.1) is 11.8 Å². The second-order valence-electron chi connectivity index (χ2n) is 7.20. The van der Waals surface area contributed by atoms with E-state index in [1.807, 2.05) is 11.6 Å². The molecule has 0 aromatic carbocycles. The molecule has 0 saturated heterocycles. The SMILES string of the molecule is Cc1cc(C)n(CC2(CNC(=O)[C@H]3C[C@H](N)[C@@H](O)C3)CC2)n1.Cl. The van der Waals surface area contributed by atoms with E-state index in [1.165, 1.54) is 5.69 Å². The topological polar surface area (TPSA) is 93.2 Å². The number of nitrogens with one attached hydrogen (secondary N) is 1. The van der Waals surface area contributed by atoms with E-state index in [2.05, 4.69) is 23.4 Å². The van der Waals surface area contributed by atoms with Crippen molar-refractivity contribution in [2.45, 2.75) is 58.2 Å². The number of aliphatic hydroxyl groups is 1. The van der Waals surface area contributed by atoms with E-state index in [0.29, 0.717) is 19.4 Å². The summed E-state index contributed by atoms with van der Waals surface area (Å²) < 4.78 is 2.05. The fourth-order valence-electron chi connectivity index (χ4n) is 3.40. The highest BCUT2D eigenvalue weighted by Crippen LogP contribution is 2.46. The van der Waals surface area contributed by atoms with Gasteiger partial charge in [-0.05, 0) is 45.6 Å². The first-order valence-corrected chi connectivity index (χ1v) is 8.11. The molecule has 3 atom stereocenters. The third-order valence-corrected chi connectivity index (χ3v) is 5.13. The second-order valence-corrected chi connectivity index (χ2v) is 7.20. The van der Waals surface area contributed by atoms with Gasteiger partial charge in [-0.3, -0.25) is 9.48 Å². The van der Waals surface area contributed by atoms with Crippen molar-refractivity contribution in [2.24, 2.45) is 17.1 Å². The predicted octanol–water partition coefficient (Wildman–Crippen LogP) is 0.916. The largest absolute Gasteiger partial charge is 0.391 e. The quantitative estimate of drug-likeness (QED) is 0.741. The summed E-state index contributed by atoms with van der Waals surface area (Å²) in [5.41, 5.74) is 8.13. The minimum atomic E-state index is -0.541. The molecule has 1 aromatic rings. The van der Waals surface area contributed by atoms with Gasteiger partial charge in [0.2, 0.25) is 5.91 Å². The van der Waals surface area contributed by atoms with Crippen LogP contribution in [-0.4, -0.2) is 39.5 Å². The fourth-order valence-corrected chi connectivity index (χ4v) is 3.40. The van der Waals surface area contributed by atoms with E-state index < -0.39 is 6.10 Å². The Morgan fingerprint density at radius 3 is 2.65 bits per heavy atom. The molecule has 130 valence electrons. The number of aliphatic hydroxyl groups excluding tert-OH is 1. The monoisotopic (exact) mass is 342 g/mol. The zero-order chi connectivity index (χ0) is 15.9. The summed E-state index contributed by atoms with van der Waals surface area (Å²) in [6.07, 6.45) is 2.77. The van der Waals surface area contributed by atoms with Crippen LogP contribution in [0.15, 0.2) is 6.07 Å². The molecule has 4 N–H and O–H groups in total. The molecule has 0 bridgehead atoms. The number of hydrogen-bond acceptors (Lipinski definition) is 4. The van der Waals surface area contributed by atoms with Gasteiger partial charge in [-0.25, -0.2) is 0 Å². The second kappa shape index (κ2) is 6.79. The molecule has 1 amide bonds. The Morgan fingerprint density at radius 1 is 1.48 bits per heavy atom. The molecule has 2 fully saturated rings. The number of aromatic nitrogens is 2. The highest BCUT2D eigenvalue weighted by molar-refractivity contribution is 5.85. The number of aryl methyl sites for hydroxylation is 2. The Bertz CT molecular complexity index is 560. The molecule has 0 aliphatic heterocycles. The highest BCUT2D eigenvalue weighted by atomic mass is 35.5. The molecular weight excluding hydrogens is 316 g/mol. The number of rotatable bonds is 5. The van der Waals surface area contributed by atoms with Gasteiger partial charge >= 0.3 is 0 Å². The molecule has 2 saturated carbocycles. The van der Waals surface area contributed by atoms with Crippen molar-refractivity contribution >= 4 is 18.3 Å². The van der Waals surface area contributed by atoms with Crippen LogP contribution in [0.1, 0.15) is 37.1 Å². The zero-order valence-corrected chi connectivity index (χ0v) is 14.6. The van der Waals surface area contributed by atoms with Gasteiger partial charge in [0.15, 0.2) is 0 Å². The van der Waals surface area contributed by atoms with E-state index in [1.54, 1.807) is 0 Å². The molecule has 0 spiro atoms. The van der Waals surface area contributed by atoms with Crippen LogP contribution >= 0.6 is 12.4 Å². The van der Waals surface area contributed by atoms with E-state index in [9.17, 15) is 9.90 Å². The normalized spacial score (nSPS) is 28.3. The number of halogens is 1. The van der Waals surface area contributed by atoms with Crippen molar-refractivity contribution in [1.82, 2.24) is 15.1 Å². The van der Waals surface area contributed by atoms with Gasteiger partial charge < -0.3 is 16.2 Å². The molecule has 2 aliphatic rings. The van der Waals surface area contributed by atoms with Gasteiger partial charge in [0, 0.05) is 36.2 Å². The van der Waals surface area contributed by atoms with Crippen LogP contribution in [0.3, 0.4) is 0 Å². The summed E-state index contributed by atoms with van der Waals surface area (Å²) in [5, 5.41) is 17.3. The molecule has 3 rings (SSSR count). The van der Waals surface area contributed by atoms with Crippen LogP contribution in [0.4, 0.5) is 0 Å². The van der Waals surface area contributed by atoms with Crippen molar-refractivity contribution < 1.29 is 9.90 Å². The molecule has 6 nitrogen and oxygen atoms in total. The first kappa shape index (κ1) is 18.2. The average molecular weight is 343 g/mol. The maximum Gasteiger partial charge on any atom is 0.223 e. The van der Waals surface area contributed by atoms with E-state index in [0.717, 1.165) is 25.1 Å². The minimum absolute atomic E-state index is 0. The van der Waals surface area contributed by atoms with Crippen molar-refractivity contribution in [3.63, 3.8) is 0 Å². The van der Waals surface area contributed by atoms with Gasteiger partial charge in [-0.2, -0.15) is 5.10 Å². The van der Waals surface area contributed by atoms with Crippen molar-refractivity contribution in [2.75, 3.05) is 6.54 Å². The Labute approximate surface area is 143 Å². The van der Waals surface area contributed by atoms with Crippen LogP contribution in [0.25, 0.3) is 0 Å². The Balaban J connectivity index is 0.00000192. The van der Waals surface area contributed by atoms with Crippen LogP contribution in [-0.2, 0) is 11.3 Å².